The van der Waals surface area contributed by atoms with Gasteiger partial charge in [0, 0.05) is 19.6 Å². The van der Waals surface area contributed by atoms with Crippen LogP contribution in [0.2, 0.25) is 0 Å². The SMILES string of the molecule is CCNC(C)CCCCN1CC(=O)N(C)CC1=O. The first kappa shape index (κ1) is 15.0. The maximum absolute atomic E-state index is 11.7. The molecule has 0 saturated carbocycles. The van der Waals surface area contributed by atoms with E-state index in [2.05, 4.69) is 19.2 Å². The zero-order valence-electron chi connectivity index (χ0n) is 11.7. The number of nitrogens with zero attached hydrogens (tertiary/aromatic N) is 2. The number of hydrogen-bond donors (Lipinski definition) is 1. The highest BCUT2D eigenvalue weighted by atomic mass is 16.2. The third kappa shape index (κ3) is 4.64. The first-order valence-corrected chi connectivity index (χ1v) is 6.79. The average Bonchev–Trinajstić information content (AvgIpc) is 2.31. The van der Waals surface area contributed by atoms with Crippen LogP contribution in [-0.2, 0) is 9.59 Å². The summed E-state index contributed by atoms with van der Waals surface area (Å²) in [5.74, 6) is 0.104. The number of unbranched alkanes of at least 4 members (excludes halogenated alkanes) is 1. The fourth-order valence-electron chi connectivity index (χ4n) is 2.17. The summed E-state index contributed by atoms with van der Waals surface area (Å²) in [5.41, 5.74) is 0. The van der Waals surface area contributed by atoms with Crippen LogP contribution in [0.5, 0.6) is 0 Å². The molecule has 1 aliphatic rings. The lowest BCUT2D eigenvalue weighted by Crippen LogP contribution is -2.52. The van der Waals surface area contributed by atoms with Crippen molar-refractivity contribution < 1.29 is 9.59 Å². The predicted molar refractivity (Wildman–Crippen MR) is 71.2 cm³/mol. The molecular formula is C13H25N3O2. The van der Waals surface area contributed by atoms with Crippen LogP contribution in [0, 0.1) is 0 Å². The van der Waals surface area contributed by atoms with Crippen molar-refractivity contribution in [2.45, 2.75) is 39.2 Å². The predicted octanol–water partition coefficient (Wildman–Crippen LogP) is 0.455. The van der Waals surface area contributed by atoms with E-state index in [-0.39, 0.29) is 24.9 Å². The van der Waals surface area contributed by atoms with Gasteiger partial charge < -0.3 is 15.1 Å². The van der Waals surface area contributed by atoms with Crippen LogP contribution >= 0.6 is 0 Å². The van der Waals surface area contributed by atoms with Crippen LogP contribution in [0.4, 0.5) is 0 Å². The molecule has 0 bridgehead atoms. The first-order valence-electron chi connectivity index (χ1n) is 6.79. The zero-order valence-corrected chi connectivity index (χ0v) is 11.7. The van der Waals surface area contributed by atoms with E-state index in [4.69, 9.17) is 0 Å². The normalized spacial score (nSPS) is 18.4. The highest BCUT2D eigenvalue weighted by Crippen LogP contribution is 2.07. The standard InChI is InChI=1S/C13H25N3O2/c1-4-14-11(2)7-5-6-8-16-10-12(17)15(3)9-13(16)18/h11,14H,4-10H2,1-3H3. The summed E-state index contributed by atoms with van der Waals surface area (Å²) in [6.07, 6.45) is 3.17. The Bertz CT molecular complexity index is 294. The van der Waals surface area contributed by atoms with Gasteiger partial charge in [-0.05, 0) is 26.3 Å². The topological polar surface area (TPSA) is 52.7 Å². The molecule has 1 N–H and O–H groups in total. The molecule has 1 aliphatic heterocycles. The Morgan fingerprint density at radius 2 is 1.94 bits per heavy atom. The molecule has 5 heteroatoms. The van der Waals surface area contributed by atoms with Gasteiger partial charge >= 0.3 is 0 Å². The quantitative estimate of drug-likeness (QED) is 0.672. The maximum atomic E-state index is 11.7. The van der Waals surface area contributed by atoms with Crippen molar-refractivity contribution in [2.24, 2.45) is 0 Å². The number of likely N-dealkylation sites (N-methyl/N-ethyl adjacent to an activating group) is 1. The lowest BCUT2D eigenvalue weighted by Gasteiger charge is -2.31. The molecule has 0 aliphatic carbocycles. The summed E-state index contributed by atoms with van der Waals surface area (Å²) >= 11 is 0. The van der Waals surface area contributed by atoms with Crippen molar-refractivity contribution in [3.8, 4) is 0 Å². The molecule has 0 radical (unpaired) electrons. The van der Waals surface area contributed by atoms with Crippen LogP contribution in [-0.4, -0.2) is 60.9 Å². The van der Waals surface area contributed by atoms with Gasteiger partial charge in [-0.1, -0.05) is 13.3 Å². The van der Waals surface area contributed by atoms with Gasteiger partial charge in [0.1, 0.15) is 0 Å². The van der Waals surface area contributed by atoms with Gasteiger partial charge in [0.05, 0.1) is 13.1 Å². The van der Waals surface area contributed by atoms with E-state index < -0.39 is 0 Å². The fraction of sp³-hybridized carbons (Fsp3) is 0.846. The Morgan fingerprint density at radius 3 is 2.61 bits per heavy atom. The van der Waals surface area contributed by atoms with Crippen LogP contribution in [0.1, 0.15) is 33.1 Å². The number of carbonyl (C=O) groups excluding carboxylic acids is 2. The molecule has 5 nitrogen and oxygen atoms in total. The van der Waals surface area contributed by atoms with Crippen LogP contribution in [0.3, 0.4) is 0 Å². The van der Waals surface area contributed by atoms with E-state index in [0.717, 1.165) is 25.8 Å². The van der Waals surface area contributed by atoms with Crippen LogP contribution in [0.25, 0.3) is 0 Å². The number of hydrogen-bond acceptors (Lipinski definition) is 3. The summed E-state index contributed by atoms with van der Waals surface area (Å²) in [7, 11) is 1.68. The Hall–Kier alpha value is -1.10. The van der Waals surface area contributed by atoms with Gasteiger partial charge in [-0.3, -0.25) is 9.59 Å². The molecule has 1 saturated heterocycles. The van der Waals surface area contributed by atoms with Crippen LogP contribution in [0.15, 0.2) is 0 Å². The molecule has 1 heterocycles. The molecule has 0 spiro atoms. The molecule has 18 heavy (non-hydrogen) atoms. The molecule has 1 atom stereocenters. The number of carbonyl (C=O) groups is 2. The van der Waals surface area contributed by atoms with E-state index >= 15 is 0 Å². The van der Waals surface area contributed by atoms with Gasteiger partial charge in [0.25, 0.3) is 0 Å². The third-order valence-electron chi connectivity index (χ3n) is 3.34. The Labute approximate surface area is 110 Å². The summed E-state index contributed by atoms with van der Waals surface area (Å²) in [4.78, 5) is 26.4. The van der Waals surface area contributed by atoms with Crippen molar-refractivity contribution >= 4 is 11.8 Å². The number of amides is 2. The van der Waals surface area contributed by atoms with E-state index in [1.165, 1.54) is 4.90 Å². The van der Waals surface area contributed by atoms with Crippen LogP contribution < -0.4 is 5.32 Å². The largest absolute Gasteiger partial charge is 0.335 e. The van der Waals surface area contributed by atoms with Gasteiger partial charge in [-0.25, -0.2) is 0 Å². The fourth-order valence-corrected chi connectivity index (χ4v) is 2.17. The van der Waals surface area contributed by atoms with E-state index in [1.807, 2.05) is 0 Å². The minimum Gasteiger partial charge on any atom is -0.335 e. The van der Waals surface area contributed by atoms with Crippen molar-refractivity contribution in [2.75, 3.05) is 33.2 Å². The monoisotopic (exact) mass is 255 g/mol. The first-order chi connectivity index (χ1) is 8.54. The second kappa shape index (κ2) is 7.36. The summed E-state index contributed by atoms with van der Waals surface area (Å²) in [6.45, 7) is 6.45. The van der Waals surface area contributed by atoms with Crippen molar-refractivity contribution in [1.29, 1.82) is 0 Å². The Balaban J connectivity index is 2.19. The van der Waals surface area contributed by atoms with E-state index in [0.29, 0.717) is 12.6 Å². The minimum atomic E-state index is 0.0376. The Kier molecular flexibility index (Phi) is 6.12. The minimum absolute atomic E-state index is 0.0376. The van der Waals surface area contributed by atoms with Crippen molar-refractivity contribution in [3.63, 3.8) is 0 Å². The summed E-state index contributed by atoms with van der Waals surface area (Å²) in [5, 5.41) is 3.36. The van der Waals surface area contributed by atoms with Gasteiger partial charge in [0.15, 0.2) is 0 Å². The average molecular weight is 255 g/mol. The van der Waals surface area contributed by atoms with E-state index in [9.17, 15) is 9.59 Å². The molecule has 2 amide bonds. The molecule has 0 aromatic carbocycles. The lowest BCUT2D eigenvalue weighted by molar-refractivity contribution is -0.148. The molecule has 0 aromatic rings. The number of rotatable bonds is 7. The second-order valence-corrected chi connectivity index (χ2v) is 5.02. The zero-order chi connectivity index (χ0) is 13.5. The summed E-state index contributed by atoms with van der Waals surface area (Å²) < 4.78 is 0. The van der Waals surface area contributed by atoms with Crippen molar-refractivity contribution in [1.82, 2.24) is 15.1 Å². The second-order valence-electron chi connectivity index (χ2n) is 5.02. The summed E-state index contributed by atoms with van der Waals surface area (Å²) in [6, 6.07) is 0.528. The smallest absolute Gasteiger partial charge is 0.242 e. The number of piperazine rings is 1. The highest BCUT2D eigenvalue weighted by Gasteiger charge is 2.26. The van der Waals surface area contributed by atoms with Crippen molar-refractivity contribution in [3.05, 3.63) is 0 Å². The van der Waals surface area contributed by atoms with E-state index in [1.54, 1.807) is 11.9 Å². The van der Waals surface area contributed by atoms with Gasteiger partial charge in [0.2, 0.25) is 11.8 Å². The third-order valence-corrected chi connectivity index (χ3v) is 3.34. The highest BCUT2D eigenvalue weighted by molar-refractivity contribution is 5.92. The molecule has 1 fully saturated rings. The number of nitrogens with one attached hydrogen (secondary N) is 1. The molecule has 104 valence electrons. The van der Waals surface area contributed by atoms with Gasteiger partial charge in [-0.15, -0.1) is 0 Å². The molecule has 0 aromatic heterocycles. The molecular weight excluding hydrogens is 230 g/mol. The molecule has 1 unspecified atom stereocenters. The maximum Gasteiger partial charge on any atom is 0.242 e. The molecule has 1 rings (SSSR count). The van der Waals surface area contributed by atoms with Gasteiger partial charge in [-0.2, -0.15) is 0 Å². The lowest BCUT2D eigenvalue weighted by atomic mass is 10.1. The Morgan fingerprint density at radius 1 is 1.22 bits per heavy atom.